The Morgan fingerprint density at radius 2 is 2.33 bits per heavy atom. The van der Waals surface area contributed by atoms with Gasteiger partial charge in [0.1, 0.15) is 0 Å². The van der Waals surface area contributed by atoms with Gasteiger partial charge in [0, 0.05) is 25.3 Å². The summed E-state index contributed by atoms with van der Waals surface area (Å²) in [4.78, 5) is 10.8. The van der Waals surface area contributed by atoms with E-state index in [0.717, 1.165) is 25.1 Å². The van der Waals surface area contributed by atoms with Crippen LogP contribution in [0.15, 0.2) is 18.3 Å². The zero-order chi connectivity index (χ0) is 14.8. The Hall–Kier alpha value is -2.15. The molecule has 7 heteroatoms. The monoisotopic (exact) mass is 288 g/mol. The van der Waals surface area contributed by atoms with Crippen LogP contribution in [0.2, 0.25) is 0 Å². The number of piperidine rings is 1. The van der Waals surface area contributed by atoms with E-state index in [9.17, 15) is 0 Å². The van der Waals surface area contributed by atoms with Crippen LogP contribution >= 0.6 is 0 Å². The van der Waals surface area contributed by atoms with E-state index < -0.39 is 0 Å². The van der Waals surface area contributed by atoms with Gasteiger partial charge in [0.2, 0.25) is 11.8 Å². The maximum atomic E-state index is 6.13. The van der Waals surface area contributed by atoms with Gasteiger partial charge in [0.25, 0.3) is 0 Å². The van der Waals surface area contributed by atoms with Crippen molar-refractivity contribution in [3.8, 4) is 17.3 Å². The average molecular weight is 288 g/mol. The Morgan fingerprint density at radius 3 is 3.10 bits per heavy atom. The number of pyridine rings is 1. The molecule has 1 fully saturated rings. The fourth-order valence-electron chi connectivity index (χ4n) is 2.53. The number of nitrogens with zero attached hydrogens (tertiary/aromatic N) is 4. The third-order valence-electron chi connectivity index (χ3n) is 3.99. The maximum absolute atomic E-state index is 6.13. The lowest BCUT2D eigenvalue weighted by molar-refractivity contribution is 0.376. The van der Waals surface area contributed by atoms with E-state index in [-0.39, 0.29) is 6.04 Å². The second kappa shape index (κ2) is 5.69. The number of nitrogens with one attached hydrogen (secondary N) is 1. The highest BCUT2D eigenvalue weighted by molar-refractivity contribution is 5.62. The molecule has 2 atom stereocenters. The minimum Gasteiger partial charge on any atom is -0.480 e. The molecule has 2 aromatic rings. The van der Waals surface area contributed by atoms with Crippen LogP contribution in [0.3, 0.4) is 0 Å². The lowest BCUT2D eigenvalue weighted by Crippen LogP contribution is -2.48. The predicted molar refractivity (Wildman–Crippen MR) is 80.1 cm³/mol. The molecule has 112 valence electrons. The molecule has 0 aliphatic carbocycles. The molecule has 0 amide bonds. The Morgan fingerprint density at radius 1 is 1.48 bits per heavy atom. The third kappa shape index (κ3) is 2.69. The van der Waals surface area contributed by atoms with Gasteiger partial charge < -0.3 is 15.4 Å². The summed E-state index contributed by atoms with van der Waals surface area (Å²) in [5.74, 6) is 2.41. The molecule has 2 aromatic heterocycles. The van der Waals surface area contributed by atoms with Gasteiger partial charge in [-0.2, -0.15) is 4.98 Å². The van der Waals surface area contributed by atoms with E-state index in [4.69, 9.17) is 10.5 Å². The molecule has 3 heterocycles. The van der Waals surface area contributed by atoms with Gasteiger partial charge >= 0.3 is 0 Å². The molecule has 2 unspecified atom stereocenters. The Labute approximate surface area is 123 Å². The van der Waals surface area contributed by atoms with Gasteiger partial charge in [0.05, 0.1) is 12.7 Å². The van der Waals surface area contributed by atoms with Gasteiger partial charge in [-0.1, -0.05) is 6.92 Å². The average Bonchev–Trinajstić information content (AvgIpc) is 2.99. The lowest BCUT2D eigenvalue weighted by Gasteiger charge is -2.34. The topological polar surface area (TPSA) is 93.0 Å². The summed E-state index contributed by atoms with van der Waals surface area (Å²) in [6.45, 7) is 3.89. The van der Waals surface area contributed by atoms with E-state index in [0.29, 0.717) is 23.6 Å². The second-order valence-corrected chi connectivity index (χ2v) is 5.42. The van der Waals surface area contributed by atoms with Crippen LogP contribution in [0.1, 0.15) is 13.3 Å². The molecule has 0 radical (unpaired) electrons. The van der Waals surface area contributed by atoms with Crippen molar-refractivity contribution in [3.05, 3.63) is 18.3 Å². The summed E-state index contributed by atoms with van der Waals surface area (Å²) >= 11 is 0. The van der Waals surface area contributed by atoms with Crippen molar-refractivity contribution >= 4 is 5.95 Å². The van der Waals surface area contributed by atoms with E-state index in [1.54, 1.807) is 13.3 Å². The SMILES string of the molecule is COc1ncccc1-c1nc(N2CCC(C)C(N)C2)n[nH]1. The summed E-state index contributed by atoms with van der Waals surface area (Å²) in [5.41, 5.74) is 6.93. The highest BCUT2D eigenvalue weighted by atomic mass is 16.5. The van der Waals surface area contributed by atoms with Crippen LogP contribution < -0.4 is 15.4 Å². The number of H-pyrrole nitrogens is 1. The zero-order valence-corrected chi connectivity index (χ0v) is 12.3. The number of hydrogen-bond acceptors (Lipinski definition) is 6. The lowest BCUT2D eigenvalue weighted by atomic mass is 9.95. The van der Waals surface area contributed by atoms with Crippen LogP contribution in [-0.2, 0) is 0 Å². The normalized spacial score (nSPS) is 22.3. The number of nitrogens with two attached hydrogens (primary N) is 1. The minimum absolute atomic E-state index is 0.161. The highest BCUT2D eigenvalue weighted by Gasteiger charge is 2.25. The fraction of sp³-hybridized carbons (Fsp3) is 0.500. The Balaban J connectivity index is 1.83. The van der Waals surface area contributed by atoms with E-state index in [1.165, 1.54) is 0 Å². The zero-order valence-electron chi connectivity index (χ0n) is 12.3. The number of methoxy groups -OCH3 is 1. The van der Waals surface area contributed by atoms with Crippen LogP contribution in [0.4, 0.5) is 5.95 Å². The molecule has 0 spiro atoms. The van der Waals surface area contributed by atoms with Crippen molar-refractivity contribution in [2.75, 3.05) is 25.1 Å². The number of anilines is 1. The molecule has 3 N–H and O–H groups in total. The standard InChI is InChI=1S/C14H20N6O/c1-9-5-7-20(8-11(9)15)14-17-12(18-19-14)10-4-3-6-16-13(10)21-2/h3-4,6,9,11H,5,7-8,15H2,1-2H3,(H,17,18,19). The fourth-order valence-corrected chi connectivity index (χ4v) is 2.53. The third-order valence-corrected chi connectivity index (χ3v) is 3.99. The molecule has 1 aliphatic heterocycles. The van der Waals surface area contributed by atoms with Crippen LogP contribution in [-0.4, -0.2) is 46.4 Å². The number of aromatic nitrogens is 4. The van der Waals surface area contributed by atoms with Gasteiger partial charge in [0.15, 0.2) is 5.82 Å². The van der Waals surface area contributed by atoms with Gasteiger partial charge in [-0.25, -0.2) is 4.98 Å². The largest absolute Gasteiger partial charge is 0.480 e. The van der Waals surface area contributed by atoms with Crippen LogP contribution in [0.5, 0.6) is 5.88 Å². The predicted octanol–water partition coefficient (Wildman–Crippen LogP) is 1.05. The Bertz CT molecular complexity index is 613. The maximum Gasteiger partial charge on any atom is 0.245 e. The first-order valence-electron chi connectivity index (χ1n) is 7.11. The van der Waals surface area contributed by atoms with Crippen molar-refractivity contribution in [2.45, 2.75) is 19.4 Å². The molecule has 0 bridgehead atoms. The molecule has 3 rings (SSSR count). The van der Waals surface area contributed by atoms with Crippen LogP contribution in [0.25, 0.3) is 11.4 Å². The molecular weight excluding hydrogens is 268 g/mol. The van der Waals surface area contributed by atoms with E-state index >= 15 is 0 Å². The van der Waals surface area contributed by atoms with E-state index in [2.05, 4.69) is 32.0 Å². The molecular formula is C14H20N6O. The number of ether oxygens (including phenoxy) is 1. The van der Waals surface area contributed by atoms with Gasteiger partial charge in [-0.15, -0.1) is 5.10 Å². The molecule has 21 heavy (non-hydrogen) atoms. The van der Waals surface area contributed by atoms with Crippen molar-refractivity contribution in [3.63, 3.8) is 0 Å². The Kier molecular flexibility index (Phi) is 3.74. The number of aromatic amines is 1. The molecule has 7 nitrogen and oxygen atoms in total. The summed E-state index contributed by atoms with van der Waals surface area (Å²) in [6, 6.07) is 3.91. The van der Waals surface area contributed by atoms with Gasteiger partial charge in [-0.3, -0.25) is 5.10 Å². The van der Waals surface area contributed by atoms with E-state index in [1.807, 2.05) is 12.1 Å². The first-order chi connectivity index (χ1) is 10.2. The molecule has 1 aliphatic rings. The van der Waals surface area contributed by atoms with Crippen LogP contribution in [0, 0.1) is 5.92 Å². The number of hydrogen-bond donors (Lipinski definition) is 2. The second-order valence-electron chi connectivity index (χ2n) is 5.42. The minimum atomic E-state index is 0.161. The van der Waals surface area contributed by atoms with Crippen molar-refractivity contribution in [1.82, 2.24) is 20.2 Å². The van der Waals surface area contributed by atoms with Gasteiger partial charge in [-0.05, 0) is 24.5 Å². The molecule has 1 saturated heterocycles. The molecule has 0 aromatic carbocycles. The van der Waals surface area contributed by atoms with Crippen molar-refractivity contribution in [2.24, 2.45) is 11.7 Å². The summed E-state index contributed by atoms with van der Waals surface area (Å²) in [7, 11) is 1.59. The first-order valence-corrected chi connectivity index (χ1v) is 7.11. The molecule has 0 saturated carbocycles. The smallest absolute Gasteiger partial charge is 0.245 e. The summed E-state index contributed by atoms with van der Waals surface area (Å²) in [5, 5.41) is 7.26. The first kappa shape index (κ1) is 13.8. The summed E-state index contributed by atoms with van der Waals surface area (Å²) in [6.07, 6.45) is 2.74. The van der Waals surface area contributed by atoms with Crippen molar-refractivity contribution in [1.29, 1.82) is 0 Å². The quantitative estimate of drug-likeness (QED) is 0.877. The number of rotatable bonds is 3. The summed E-state index contributed by atoms with van der Waals surface area (Å²) < 4.78 is 5.25. The van der Waals surface area contributed by atoms with Crippen molar-refractivity contribution < 1.29 is 4.74 Å². The highest BCUT2D eigenvalue weighted by Crippen LogP contribution is 2.26.